The molecule has 2 nitrogen and oxygen atoms in total. The van der Waals surface area contributed by atoms with Crippen molar-refractivity contribution in [3.05, 3.63) is 89.4 Å². The van der Waals surface area contributed by atoms with E-state index >= 15 is 0 Å². The molecule has 0 amide bonds. The van der Waals surface area contributed by atoms with Gasteiger partial charge in [0.1, 0.15) is 17.6 Å². The van der Waals surface area contributed by atoms with Gasteiger partial charge in [-0.25, -0.2) is 4.57 Å². The van der Waals surface area contributed by atoms with Gasteiger partial charge < -0.3 is 12.4 Å². The van der Waals surface area contributed by atoms with Crippen LogP contribution in [0.1, 0.15) is 61.8 Å². The molecule has 0 aliphatic rings. The van der Waals surface area contributed by atoms with Crippen molar-refractivity contribution >= 4 is 5.52 Å². The van der Waals surface area contributed by atoms with Crippen molar-refractivity contribution in [2.24, 2.45) is 0 Å². The standard InChI is InChI=1S/C27H31N2.ClH/c1-18(2)23-13-9-14-24(19(3)4)26(23)25-15-8-12-22-16-28(17-29(22)25)27-20(5)10-7-11-21(27)6;/h7-19H,1-6H3;1H/q+1;/p-1. The Morgan fingerprint density at radius 1 is 0.733 bits per heavy atom. The van der Waals surface area contributed by atoms with Crippen LogP contribution in [0.4, 0.5) is 0 Å². The van der Waals surface area contributed by atoms with Gasteiger partial charge in [-0.3, -0.25) is 0 Å². The molecule has 0 unspecified atom stereocenters. The number of hydrogen-bond donors (Lipinski definition) is 0. The first kappa shape index (κ1) is 22.1. The van der Waals surface area contributed by atoms with Crippen molar-refractivity contribution in [3.63, 3.8) is 0 Å². The lowest BCUT2D eigenvalue weighted by Gasteiger charge is -2.18. The van der Waals surface area contributed by atoms with Crippen LogP contribution in [0.15, 0.2) is 67.1 Å². The van der Waals surface area contributed by atoms with Crippen molar-refractivity contribution in [2.75, 3.05) is 0 Å². The molecule has 3 heteroatoms. The highest BCUT2D eigenvalue weighted by molar-refractivity contribution is 5.72. The molecular formula is C27H31ClN2. The van der Waals surface area contributed by atoms with Crippen LogP contribution in [0.3, 0.4) is 0 Å². The van der Waals surface area contributed by atoms with Crippen LogP contribution in [0.5, 0.6) is 0 Å². The van der Waals surface area contributed by atoms with Crippen LogP contribution in [-0.2, 0) is 0 Å². The molecule has 0 radical (unpaired) electrons. The van der Waals surface area contributed by atoms with E-state index in [0.29, 0.717) is 11.8 Å². The molecule has 156 valence electrons. The van der Waals surface area contributed by atoms with Crippen LogP contribution in [0.2, 0.25) is 0 Å². The van der Waals surface area contributed by atoms with Gasteiger partial charge in [-0.05, 0) is 60.1 Å². The molecule has 0 bridgehead atoms. The van der Waals surface area contributed by atoms with E-state index in [1.165, 1.54) is 44.7 Å². The molecule has 0 aliphatic heterocycles. The third-order valence-electron chi connectivity index (χ3n) is 5.90. The van der Waals surface area contributed by atoms with Crippen LogP contribution >= 0.6 is 0 Å². The molecular weight excluding hydrogens is 388 g/mol. The lowest BCUT2D eigenvalue weighted by Crippen LogP contribution is -3.00. The van der Waals surface area contributed by atoms with Crippen molar-refractivity contribution < 1.29 is 17.0 Å². The fourth-order valence-corrected chi connectivity index (χ4v) is 4.46. The number of benzene rings is 2. The van der Waals surface area contributed by atoms with Gasteiger partial charge in [-0.1, -0.05) is 70.2 Å². The Morgan fingerprint density at radius 3 is 1.83 bits per heavy atom. The highest BCUT2D eigenvalue weighted by Crippen LogP contribution is 2.36. The van der Waals surface area contributed by atoms with Gasteiger partial charge in [0.05, 0.1) is 0 Å². The second kappa shape index (κ2) is 8.65. The number of rotatable bonds is 4. The summed E-state index contributed by atoms with van der Waals surface area (Å²) in [5, 5.41) is 0. The van der Waals surface area contributed by atoms with Crippen LogP contribution < -0.4 is 17.0 Å². The summed E-state index contributed by atoms with van der Waals surface area (Å²) in [4.78, 5) is 0. The fourth-order valence-electron chi connectivity index (χ4n) is 4.46. The lowest BCUT2D eigenvalue weighted by atomic mass is 9.87. The number of hydrogen-bond acceptors (Lipinski definition) is 0. The molecule has 2 heterocycles. The molecule has 0 saturated heterocycles. The number of halogens is 1. The molecule has 0 atom stereocenters. The van der Waals surface area contributed by atoms with E-state index in [2.05, 4.69) is 118 Å². The van der Waals surface area contributed by atoms with Gasteiger partial charge in [0.2, 0.25) is 0 Å². The second-order valence-electron chi connectivity index (χ2n) is 8.72. The van der Waals surface area contributed by atoms with E-state index in [1.54, 1.807) is 0 Å². The first-order valence-corrected chi connectivity index (χ1v) is 10.6. The maximum atomic E-state index is 2.35. The van der Waals surface area contributed by atoms with E-state index in [4.69, 9.17) is 0 Å². The summed E-state index contributed by atoms with van der Waals surface area (Å²) in [6, 6.07) is 19.9. The van der Waals surface area contributed by atoms with Crippen molar-refractivity contribution in [2.45, 2.75) is 53.4 Å². The molecule has 0 N–H and O–H groups in total. The predicted octanol–water partition coefficient (Wildman–Crippen LogP) is 3.75. The third kappa shape index (κ3) is 3.77. The maximum Gasteiger partial charge on any atom is 0.254 e. The van der Waals surface area contributed by atoms with E-state index < -0.39 is 0 Å². The summed E-state index contributed by atoms with van der Waals surface area (Å²) >= 11 is 0. The number of para-hydroxylation sites is 1. The summed E-state index contributed by atoms with van der Waals surface area (Å²) in [7, 11) is 0. The topological polar surface area (TPSA) is 8.29 Å². The van der Waals surface area contributed by atoms with E-state index in [0.717, 1.165) is 0 Å². The van der Waals surface area contributed by atoms with Crippen LogP contribution in [0, 0.1) is 13.8 Å². The summed E-state index contributed by atoms with van der Waals surface area (Å²) in [6.45, 7) is 13.5. The summed E-state index contributed by atoms with van der Waals surface area (Å²) < 4.78 is 4.62. The fraction of sp³-hybridized carbons (Fsp3) is 0.296. The van der Waals surface area contributed by atoms with Crippen molar-refractivity contribution in [3.8, 4) is 16.9 Å². The van der Waals surface area contributed by atoms with Gasteiger partial charge in [0, 0.05) is 5.56 Å². The predicted molar refractivity (Wildman–Crippen MR) is 122 cm³/mol. The third-order valence-corrected chi connectivity index (χ3v) is 5.90. The lowest BCUT2D eigenvalue weighted by molar-refractivity contribution is -0.594. The molecule has 2 aromatic carbocycles. The molecule has 0 spiro atoms. The number of aryl methyl sites for hydroxylation is 2. The molecule has 0 saturated carbocycles. The smallest absolute Gasteiger partial charge is 0.254 e. The minimum absolute atomic E-state index is 0. The number of imidazole rings is 1. The molecule has 0 aliphatic carbocycles. The monoisotopic (exact) mass is 418 g/mol. The average Bonchev–Trinajstić information content (AvgIpc) is 3.10. The highest BCUT2D eigenvalue weighted by atomic mass is 35.5. The number of aromatic nitrogens is 2. The van der Waals surface area contributed by atoms with Gasteiger partial charge in [0.25, 0.3) is 6.33 Å². The Kier molecular flexibility index (Phi) is 6.38. The normalized spacial score (nSPS) is 11.3. The summed E-state index contributed by atoms with van der Waals surface area (Å²) in [5.74, 6) is 0.945. The number of fused-ring (bicyclic) bond motifs is 1. The number of nitrogens with zero attached hydrogens (tertiary/aromatic N) is 2. The Morgan fingerprint density at radius 2 is 1.27 bits per heavy atom. The van der Waals surface area contributed by atoms with E-state index in [-0.39, 0.29) is 12.4 Å². The van der Waals surface area contributed by atoms with Gasteiger partial charge in [-0.2, -0.15) is 4.40 Å². The quantitative estimate of drug-likeness (QED) is 0.446. The zero-order chi connectivity index (χ0) is 20.7. The van der Waals surface area contributed by atoms with E-state index in [1.807, 2.05) is 0 Å². The Balaban J connectivity index is 0.00000256. The first-order valence-electron chi connectivity index (χ1n) is 10.6. The zero-order valence-corrected chi connectivity index (χ0v) is 19.5. The van der Waals surface area contributed by atoms with Crippen molar-refractivity contribution in [1.82, 2.24) is 4.40 Å². The SMILES string of the molecule is Cc1cccc(C)c1-[n+]1cc2cccc(-c3c(C(C)C)cccc3C(C)C)n2c1.[Cl-]. The Labute approximate surface area is 186 Å². The average molecular weight is 419 g/mol. The number of pyridine rings is 1. The molecule has 2 aromatic heterocycles. The van der Waals surface area contributed by atoms with Crippen molar-refractivity contribution in [1.29, 1.82) is 0 Å². The second-order valence-corrected chi connectivity index (χ2v) is 8.72. The Hall–Kier alpha value is -2.58. The van der Waals surface area contributed by atoms with Gasteiger partial charge >= 0.3 is 0 Å². The molecule has 4 aromatic rings. The summed E-state index contributed by atoms with van der Waals surface area (Å²) in [6.07, 6.45) is 4.48. The minimum atomic E-state index is 0. The largest absolute Gasteiger partial charge is 1.00 e. The zero-order valence-electron chi connectivity index (χ0n) is 18.8. The van der Waals surface area contributed by atoms with Crippen LogP contribution in [-0.4, -0.2) is 4.40 Å². The minimum Gasteiger partial charge on any atom is -1.00 e. The highest BCUT2D eigenvalue weighted by Gasteiger charge is 2.22. The maximum absolute atomic E-state index is 2.35. The summed E-state index contributed by atoms with van der Waals surface area (Å²) in [5.41, 5.74) is 10.5. The molecule has 4 rings (SSSR count). The molecule has 30 heavy (non-hydrogen) atoms. The van der Waals surface area contributed by atoms with Gasteiger partial charge in [-0.15, -0.1) is 0 Å². The Bertz CT molecular complexity index is 1140. The van der Waals surface area contributed by atoms with E-state index in [9.17, 15) is 0 Å². The van der Waals surface area contributed by atoms with Crippen LogP contribution in [0.25, 0.3) is 22.5 Å². The first-order chi connectivity index (χ1) is 13.9. The van der Waals surface area contributed by atoms with Gasteiger partial charge in [0.15, 0.2) is 5.52 Å². The molecule has 0 fully saturated rings.